The van der Waals surface area contributed by atoms with Crippen LogP contribution in [-0.4, -0.2) is 47.6 Å². The van der Waals surface area contributed by atoms with E-state index in [0.29, 0.717) is 24.2 Å². The second-order valence-electron chi connectivity index (χ2n) is 7.82. The second kappa shape index (κ2) is 10.7. The Balaban J connectivity index is 0.000000343. The summed E-state index contributed by atoms with van der Waals surface area (Å²) >= 11 is 0. The van der Waals surface area contributed by atoms with E-state index in [1.165, 1.54) is 0 Å². The van der Waals surface area contributed by atoms with Crippen LogP contribution in [0.2, 0.25) is 0 Å². The molecule has 1 aliphatic carbocycles. The molecule has 0 aromatic carbocycles. The number of fused-ring (bicyclic) bond motifs is 1. The van der Waals surface area contributed by atoms with Gasteiger partial charge in [-0.25, -0.2) is 18.3 Å². The topological polar surface area (TPSA) is 90.0 Å². The van der Waals surface area contributed by atoms with Gasteiger partial charge in [0.25, 0.3) is 5.91 Å². The minimum absolute atomic E-state index is 0.0667. The van der Waals surface area contributed by atoms with Crippen molar-refractivity contribution in [1.29, 1.82) is 0 Å². The average molecular weight is 485 g/mol. The van der Waals surface area contributed by atoms with E-state index in [9.17, 15) is 26.7 Å². The lowest BCUT2D eigenvalue weighted by Crippen LogP contribution is -2.23. The molecule has 184 valence electrons. The molecule has 0 unspecified atom stereocenters. The molecule has 4 rings (SSSR count). The first-order valence-corrected chi connectivity index (χ1v) is 10.6. The number of rotatable bonds is 6. The third-order valence-electron chi connectivity index (χ3n) is 5.01. The van der Waals surface area contributed by atoms with Crippen LogP contribution < -0.4 is 5.32 Å². The summed E-state index contributed by atoms with van der Waals surface area (Å²) in [4.78, 5) is 17.2. The van der Waals surface area contributed by atoms with E-state index >= 15 is 0 Å². The minimum Gasteiger partial charge on any atom is -0.345 e. The smallest absolute Gasteiger partial charge is 0.345 e. The fourth-order valence-corrected chi connectivity index (χ4v) is 3.20. The Morgan fingerprint density at radius 2 is 1.91 bits per heavy atom. The Bertz CT molecular complexity index is 1110. The van der Waals surface area contributed by atoms with Crippen LogP contribution in [0, 0.1) is 0 Å². The van der Waals surface area contributed by atoms with Gasteiger partial charge in [0.05, 0.1) is 43.8 Å². The van der Waals surface area contributed by atoms with Crippen molar-refractivity contribution in [3.63, 3.8) is 0 Å². The Labute approximate surface area is 191 Å². The molecule has 1 saturated carbocycles. The summed E-state index contributed by atoms with van der Waals surface area (Å²) in [5.74, 6) is -2.88. The van der Waals surface area contributed by atoms with Gasteiger partial charge < -0.3 is 5.32 Å². The van der Waals surface area contributed by atoms with Gasteiger partial charge in [0.2, 0.25) is 5.92 Å². The second-order valence-corrected chi connectivity index (χ2v) is 7.82. The third-order valence-corrected chi connectivity index (χ3v) is 5.01. The van der Waals surface area contributed by atoms with Crippen molar-refractivity contribution < 1.29 is 26.7 Å². The van der Waals surface area contributed by atoms with Gasteiger partial charge in [0, 0.05) is 12.8 Å². The Morgan fingerprint density at radius 1 is 1.18 bits per heavy atom. The highest BCUT2D eigenvalue weighted by Gasteiger charge is 2.30. The molecule has 0 aliphatic heterocycles. The number of aryl methyl sites for hydroxylation is 1. The number of carbonyl (C=O) groups excluding carboxylic acids is 1. The lowest BCUT2D eigenvalue weighted by molar-refractivity contribution is -0.137. The van der Waals surface area contributed by atoms with E-state index in [0.717, 1.165) is 23.0 Å². The fourth-order valence-electron chi connectivity index (χ4n) is 3.20. The van der Waals surface area contributed by atoms with Crippen LogP contribution in [0.3, 0.4) is 0 Å². The predicted molar refractivity (Wildman–Crippen MR) is 113 cm³/mol. The van der Waals surface area contributed by atoms with Gasteiger partial charge in [-0.3, -0.25) is 4.79 Å². The van der Waals surface area contributed by atoms with Crippen molar-refractivity contribution in [1.82, 2.24) is 34.9 Å². The zero-order valence-electron chi connectivity index (χ0n) is 18.2. The van der Waals surface area contributed by atoms with E-state index < -0.39 is 31.0 Å². The van der Waals surface area contributed by atoms with E-state index in [2.05, 4.69) is 32.2 Å². The number of hydrogen-bond acceptors (Lipinski definition) is 5. The van der Waals surface area contributed by atoms with E-state index in [1.807, 2.05) is 0 Å². The van der Waals surface area contributed by atoms with Crippen LogP contribution in [0.5, 0.6) is 0 Å². The monoisotopic (exact) mass is 485 g/mol. The van der Waals surface area contributed by atoms with Crippen molar-refractivity contribution >= 4 is 17.6 Å². The van der Waals surface area contributed by atoms with E-state index in [4.69, 9.17) is 0 Å². The summed E-state index contributed by atoms with van der Waals surface area (Å²) < 4.78 is 62.5. The highest BCUT2D eigenvalue weighted by Crippen LogP contribution is 2.32. The van der Waals surface area contributed by atoms with Gasteiger partial charge in [-0.1, -0.05) is 19.1 Å². The van der Waals surface area contributed by atoms with Crippen LogP contribution >= 0.6 is 0 Å². The maximum absolute atomic E-state index is 12.2. The molecule has 13 heteroatoms. The lowest BCUT2D eigenvalue weighted by atomic mass is 9.97. The molecule has 0 radical (unpaired) electrons. The molecule has 3 aromatic rings. The normalized spacial score (nSPS) is 15.4. The molecule has 0 atom stereocenters. The van der Waals surface area contributed by atoms with Crippen molar-refractivity contribution in [3.05, 3.63) is 48.2 Å². The third kappa shape index (κ3) is 7.59. The van der Waals surface area contributed by atoms with Gasteiger partial charge in [0.15, 0.2) is 11.3 Å². The van der Waals surface area contributed by atoms with Crippen molar-refractivity contribution in [2.75, 3.05) is 0 Å². The highest BCUT2D eigenvalue weighted by atomic mass is 19.4. The molecule has 3 heterocycles. The zero-order valence-corrected chi connectivity index (χ0v) is 18.2. The van der Waals surface area contributed by atoms with Gasteiger partial charge in [0.1, 0.15) is 0 Å². The number of imidazole rings is 1. The van der Waals surface area contributed by atoms with Crippen molar-refractivity contribution in [2.24, 2.45) is 0 Å². The van der Waals surface area contributed by atoms with E-state index in [-0.39, 0.29) is 25.1 Å². The van der Waals surface area contributed by atoms with Crippen LogP contribution in [0.4, 0.5) is 22.0 Å². The molecule has 1 amide bonds. The van der Waals surface area contributed by atoms with Gasteiger partial charge >= 0.3 is 6.18 Å². The number of alkyl halides is 5. The summed E-state index contributed by atoms with van der Waals surface area (Å²) in [6.07, 6.45) is 3.34. The molecule has 0 spiro atoms. The van der Waals surface area contributed by atoms with Crippen LogP contribution in [-0.2, 0) is 13.1 Å². The molecular weight excluding hydrogens is 461 g/mol. The summed E-state index contributed by atoms with van der Waals surface area (Å²) in [5.41, 5.74) is 1.92. The average Bonchev–Trinajstić information content (AvgIpc) is 3.42. The molecule has 1 N–H and O–H groups in total. The molecule has 3 aromatic heterocycles. The summed E-state index contributed by atoms with van der Waals surface area (Å²) in [6.45, 7) is 3.32. The minimum atomic E-state index is -4.31. The molecule has 1 fully saturated rings. The predicted octanol–water partition coefficient (Wildman–Crippen LogP) is 4.43. The van der Waals surface area contributed by atoms with Crippen LogP contribution in [0.1, 0.15) is 60.3 Å². The molecule has 1 aliphatic rings. The Morgan fingerprint density at radius 3 is 2.53 bits per heavy atom. The number of carbonyl (C=O) groups is 1. The van der Waals surface area contributed by atoms with Gasteiger partial charge in [-0.05, 0) is 24.5 Å². The molecule has 0 saturated heterocycles. The number of nitrogens with zero attached hydrogens (tertiary/aromatic N) is 6. The number of hydrogen-bond donors (Lipinski definition) is 1. The van der Waals surface area contributed by atoms with Crippen molar-refractivity contribution in [3.8, 4) is 0 Å². The van der Waals surface area contributed by atoms with Crippen LogP contribution in [0.25, 0.3) is 11.7 Å². The Kier molecular flexibility index (Phi) is 7.94. The number of nitrogens with one attached hydrogen (secondary N) is 1. The fraction of sp³-hybridized carbons (Fsp3) is 0.476. The molecular formula is C21H24F5N7O. The number of aromatic nitrogens is 6. The van der Waals surface area contributed by atoms with E-state index in [1.54, 1.807) is 29.1 Å². The quantitative estimate of drug-likeness (QED) is 0.522. The summed E-state index contributed by atoms with van der Waals surface area (Å²) in [5, 5.41) is 14.1. The first-order valence-electron chi connectivity index (χ1n) is 10.6. The summed E-state index contributed by atoms with van der Waals surface area (Å²) in [6, 6.07) is 1.79. The largest absolute Gasteiger partial charge is 0.390 e. The van der Waals surface area contributed by atoms with Gasteiger partial charge in [-0.15, -0.1) is 5.10 Å². The van der Waals surface area contributed by atoms with Gasteiger partial charge in [-0.2, -0.15) is 28.2 Å². The lowest BCUT2D eigenvalue weighted by Gasteiger charge is -2.20. The maximum atomic E-state index is 12.2. The molecule has 8 nitrogen and oxygen atoms in total. The first kappa shape index (κ1) is 25.2. The van der Waals surface area contributed by atoms with Crippen LogP contribution in [0.15, 0.2) is 31.2 Å². The summed E-state index contributed by atoms with van der Waals surface area (Å²) in [7, 11) is 0. The maximum Gasteiger partial charge on any atom is 0.390 e. The Hall–Kier alpha value is -3.38. The first-order chi connectivity index (χ1) is 16.0. The number of amides is 1. The number of halogens is 5. The standard InChI is InChI=1S/C15H14F3N7O.C6H10F2/c1-2-10-5-13-22-11(9-24(13)20-6-10)7-19-14(26)12-8-21-25(23-12)4-3-15(16,17)18;7-6(8)4-2-1-3-5-6/h2,5-6,8-9H,1,3-4,7H2,(H,19,26);1-5H2. The SMILES string of the molecule is C=Cc1cnn2cc(CNC(=O)c3cnn(CCC(F)(F)F)n3)nc2c1.FC1(F)CCCCC1. The zero-order chi connectivity index (χ0) is 24.8. The van der Waals surface area contributed by atoms with Crippen molar-refractivity contribution in [2.45, 2.75) is 63.7 Å². The molecule has 34 heavy (non-hydrogen) atoms. The molecule has 0 bridgehead atoms. The highest BCUT2D eigenvalue weighted by molar-refractivity contribution is 5.91.